The minimum atomic E-state index is -5.05. The van der Waals surface area contributed by atoms with Crippen molar-refractivity contribution >= 4 is 32.7 Å². The van der Waals surface area contributed by atoms with Gasteiger partial charge in [-0.05, 0) is 55.4 Å². The summed E-state index contributed by atoms with van der Waals surface area (Å²) in [7, 11) is -0.600. The van der Waals surface area contributed by atoms with E-state index in [0.29, 0.717) is 31.6 Å². The highest BCUT2D eigenvalue weighted by atomic mass is 32.2. The number of ether oxygens (including phenoxy) is 1. The maximum Gasteiger partial charge on any atom is 0.573 e. The lowest BCUT2D eigenvalue weighted by Crippen LogP contribution is -2.28. The van der Waals surface area contributed by atoms with E-state index in [2.05, 4.69) is 20.0 Å². The summed E-state index contributed by atoms with van der Waals surface area (Å²) >= 11 is 0. The predicted octanol–water partition coefficient (Wildman–Crippen LogP) is 4.38. The second-order valence-corrected chi connectivity index (χ2v) is 10.3. The zero-order chi connectivity index (χ0) is 25.4. The Balaban J connectivity index is 1.54. The maximum atomic E-state index is 13.1. The zero-order valence-corrected chi connectivity index (χ0v) is 20.0. The summed E-state index contributed by atoms with van der Waals surface area (Å²) in [6.45, 7) is 0. The van der Waals surface area contributed by atoms with E-state index in [1.165, 1.54) is 12.1 Å². The van der Waals surface area contributed by atoms with Gasteiger partial charge in [-0.2, -0.15) is 4.98 Å². The number of nitrogens with zero attached hydrogens (tertiary/aromatic N) is 3. The second-order valence-electron chi connectivity index (χ2n) is 8.74. The molecule has 0 aliphatic heterocycles. The molecule has 35 heavy (non-hydrogen) atoms. The lowest BCUT2D eigenvalue weighted by Gasteiger charge is -2.31. The molecule has 0 unspecified atom stereocenters. The normalized spacial score (nSPS) is 18.9. The summed E-state index contributed by atoms with van der Waals surface area (Å²) in [5.41, 5.74) is 0.986. The molecule has 4 rings (SSSR count). The number of halogens is 3. The first kappa shape index (κ1) is 25.0. The number of alkyl halides is 3. The predicted molar refractivity (Wildman–Crippen MR) is 127 cm³/mol. The van der Waals surface area contributed by atoms with Gasteiger partial charge in [0, 0.05) is 25.5 Å². The maximum absolute atomic E-state index is 13.1. The van der Waals surface area contributed by atoms with Crippen LogP contribution in [0, 0.1) is 0 Å². The van der Waals surface area contributed by atoms with Gasteiger partial charge in [0.05, 0.1) is 5.52 Å². The van der Waals surface area contributed by atoms with Gasteiger partial charge >= 0.3 is 6.36 Å². The van der Waals surface area contributed by atoms with Crippen molar-refractivity contribution in [3.63, 3.8) is 0 Å². The summed E-state index contributed by atoms with van der Waals surface area (Å²) in [6.07, 6.45) is -2.75. The Kier molecular flexibility index (Phi) is 6.78. The van der Waals surface area contributed by atoms with Crippen LogP contribution in [0.4, 0.5) is 24.9 Å². The number of nitrogens with two attached hydrogens (primary N) is 1. The third kappa shape index (κ3) is 5.76. The van der Waals surface area contributed by atoms with Crippen LogP contribution in [-0.4, -0.2) is 44.9 Å². The third-order valence-corrected chi connectivity index (χ3v) is 6.98. The molecule has 0 saturated heterocycles. The van der Waals surface area contributed by atoms with Crippen LogP contribution < -0.4 is 20.1 Å². The van der Waals surface area contributed by atoms with Gasteiger partial charge < -0.3 is 15.0 Å². The average molecular weight is 510 g/mol. The molecular formula is C23H26F3N5O3S. The van der Waals surface area contributed by atoms with Crippen LogP contribution in [0.25, 0.3) is 10.9 Å². The van der Waals surface area contributed by atoms with Crippen molar-refractivity contribution in [2.45, 2.75) is 48.9 Å². The van der Waals surface area contributed by atoms with Gasteiger partial charge in [0.15, 0.2) is 5.75 Å². The first-order chi connectivity index (χ1) is 16.4. The van der Waals surface area contributed by atoms with Crippen molar-refractivity contribution in [2.24, 2.45) is 5.14 Å². The Bertz CT molecular complexity index is 1320. The fourth-order valence-electron chi connectivity index (χ4n) is 4.50. The van der Waals surface area contributed by atoms with Crippen LogP contribution in [0.3, 0.4) is 0 Å². The molecule has 3 N–H and O–H groups in total. The number of hydrogen-bond donors (Lipinski definition) is 2. The van der Waals surface area contributed by atoms with Crippen molar-refractivity contribution in [3.8, 4) is 5.75 Å². The largest absolute Gasteiger partial charge is 0.573 e. The first-order valence-corrected chi connectivity index (χ1v) is 12.6. The monoisotopic (exact) mass is 509 g/mol. The molecule has 3 aromatic rings. The number of primary sulfonamides is 1. The van der Waals surface area contributed by atoms with Crippen LogP contribution in [0.15, 0.2) is 47.4 Å². The molecule has 1 saturated carbocycles. The molecule has 0 amide bonds. The molecule has 8 nitrogen and oxygen atoms in total. The Morgan fingerprint density at radius 1 is 1.03 bits per heavy atom. The molecule has 2 aromatic carbocycles. The van der Waals surface area contributed by atoms with Crippen molar-refractivity contribution < 1.29 is 26.3 Å². The van der Waals surface area contributed by atoms with E-state index in [4.69, 9.17) is 5.14 Å². The number of sulfonamides is 1. The summed E-state index contributed by atoms with van der Waals surface area (Å²) in [4.78, 5) is 10.5. The SMILES string of the molecule is CN(C)c1nc(NC2CCC(c3cccc(S(N)(=O)=O)c3OC(F)(F)F)CC2)nc2ccccc12. The van der Waals surface area contributed by atoms with Crippen LogP contribution in [0.1, 0.15) is 37.2 Å². The topological polar surface area (TPSA) is 110 Å². The van der Waals surface area contributed by atoms with E-state index in [9.17, 15) is 21.6 Å². The molecule has 0 radical (unpaired) electrons. The number of para-hydroxylation sites is 2. The third-order valence-electron chi connectivity index (χ3n) is 6.04. The minimum Gasteiger partial charge on any atom is -0.404 e. The lowest BCUT2D eigenvalue weighted by atomic mass is 9.81. The Labute approximate surface area is 201 Å². The van der Waals surface area contributed by atoms with Gasteiger partial charge in [-0.15, -0.1) is 13.2 Å². The highest BCUT2D eigenvalue weighted by Crippen LogP contribution is 2.42. The highest BCUT2D eigenvalue weighted by Gasteiger charge is 2.37. The quantitative estimate of drug-likeness (QED) is 0.507. The van der Waals surface area contributed by atoms with E-state index in [1.807, 2.05) is 43.3 Å². The molecule has 0 spiro atoms. The summed E-state index contributed by atoms with van der Waals surface area (Å²) in [6, 6.07) is 11.6. The molecule has 1 aromatic heterocycles. The summed E-state index contributed by atoms with van der Waals surface area (Å²) in [5, 5.41) is 9.44. The molecule has 1 fully saturated rings. The number of nitrogens with one attached hydrogen (secondary N) is 1. The molecule has 188 valence electrons. The van der Waals surface area contributed by atoms with E-state index in [-0.39, 0.29) is 17.5 Å². The van der Waals surface area contributed by atoms with E-state index in [0.717, 1.165) is 22.8 Å². The van der Waals surface area contributed by atoms with E-state index < -0.39 is 27.0 Å². The standard InChI is InChI=1S/C23H26F3N5O3S/c1-31(2)21-17-6-3-4-8-18(17)29-22(30-21)28-15-12-10-14(11-13-15)16-7-5-9-19(35(27,32)33)20(16)34-23(24,25)26/h3-9,14-15H,10-13H2,1-2H3,(H2,27,32,33)(H,28,29,30). The Morgan fingerprint density at radius 2 is 1.71 bits per heavy atom. The summed E-state index contributed by atoms with van der Waals surface area (Å²) in [5.74, 6) is 0.197. The molecule has 1 aliphatic carbocycles. The van der Waals surface area contributed by atoms with Gasteiger partial charge in [-0.25, -0.2) is 18.5 Å². The molecule has 12 heteroatoms. The van der Waals surface area contributed by atoms with Crippen LogP contribution in [0.5, 0.6) is 5.75 Å². The molecule has 0 atom stereocenters. The number of hydrogen-bond acceptors (Lipinski definition) is 7. The number of rotatable bonds is 6. The molecular weight excluding hydrogens is 483 g/mol. The minimum absolute atomic E-state index is 0.0100. The van der Waals surface area contributed by atoms with Crippen molar-refractivity contribution in [1.82, 2.24) is 9.97 Å². The fraction of sp³-hybridized carbons (Fsp3) is 0.391. The summed E-state index contributed by atoms with van der Waals surface area (Å²) < 4.78 is 67.2. The number of fused-ring (bicyclic) bond motifs is 1. The zero-order valence-electron chi connectivity index (χ0n) is 19.2. The van der Waals surface area contributed by atoms with Crippen molar-refractivity contribution in [3.05, 3.63) is 48.0 Å². The van der Waals surface area contributed by atoms with Gasteiger partial charge in [0.1, 0.15) is 10.7 Å². The smallest absolute Gasteiger partial charge is 0.404 e. The van der Waals surface area contributed by atoms with Crippen LogP contribution >= 0.6 is 0 Å². The number of anilines is 2. The Morgan fingerprint density at radius 3 is 2.34 bits per heavy atom. The lowest BCUT2D eigenvalue weighted by molar-refractivity contribution is -0.275. The second kappa shape index (κ2) is 9.50. The Hall–Kier alpha value is -3.12. The molecule has 1 aliphatic rings. The molecule has 1 heterocycles. The van der Waals surface area contributed by atoms with Crippen molar-refractivity contribution in [1.29, 1.82) is 0 Å². The van der Waals surface area contributed by atoms with Gasteiger partial charge in [-0.3, -0.25) is 0 Å². The van der Waals surface area contributed by atoms with Gasteiger partial charge in [0.25, 0.3) is 0 Å². The van der Waals surface area contributed by atoms with Gasteiger partial charge in [-0.1, -0.05) is 24.3 Å². The van der Waals surface area contributed by atoms with Gasteiger partial charge in [0.2, 0.25) is 16.0 Å². The average Bonchev–Trinajstić information content (AvgIpc) is 2.77. The van der Waals surface area contributed by atoms with E-state index >= 15 is 0 Å². The first-order valence-electron chi connectivity index (χ1n) is 11.0. The molecule has 0 bridgehead atoms. The van der Waals surface area contributed by atoms with Crippen molar-refractivity contribution in [2.75, 3.05) is 24.3 Å². The number of aromatic nitrogens is 2. The van der Waals surface area contributed by atoms with E-state index in [1.54, 1.807) is 0 Å². The van der Waals surface area contributed by atoms with Crippen LogP contribution in [0.2, 0.25) is 0 Å². The fourth-order valence-corrected chi connectivity index (χ4v) is 5.19. The van der Waals surface area contributed by atoms with Crippen LogP contribution in [-0.2, 0) is 10.0 Å². The highest BCUT2D eigenvalue weighted by molar-refractivity contribution is 7.89. The number of benzene rings is 2.